The fourth-order valence-corrected chi connectivity index (χ4v) is 4.21. The zero-order valence-electron chi connectivity index (χ0n) is 15.9. The quantitative estimate of drug-likeness (QED) is 0.672. The topological polar surface area (TPSA) is 62.3 Å². The molecule has 0 saturated heterocycles. The summed E-state index contributed by atoms with van der Waals surface area (Å²) in [5.41, 5.74) is 4.01. The molecule has 1 aliphatic rings. The van der Waals surface area contributed by atoms with Gasteiger partial charge in [0, 0.05) is 35.9 Å². The summed E-state index contributed by atoms with van der Waals surface area (Å²) in [5, 5.41) is 2.92. The third kappa shape index (κ3) is 4.84. The zero-order chi connectivity index (χ0) is 20.1. The molecule has 29 heavy (non-hydrogen) atoms. The van der Waals surface area contributed by atoms with Crippen LogP contribution in [0, 0.1) is 0 Å². The molecule has 0 atom stereocenters. The van der Waals surface area contributed by atoms with Crippen molar-refractivity contribution in [1.29, 1.82) is 0 Å². The molecular weight excluding hydrogens is 382 g/mol. The fraction of sp³-hybridized carbons (Fsp3) is 0.174. The molecule has 0 unspecified atom stereocenters. The first-order valence-corrected chi connectivity index (χ1v) is 10.5. The summed E-state index contributed by atoms with van der Waals surface area (Å²) in [7, 11) is 0. The van der Waals surface area contributed by atoms with Crippen LogP contribution in [0.25, 0.3) is 0 Å². The van der Waals surface area contributed by atoms with Crippen LogP contribution in [0.2, 0.25) is 0 Å². The van der Waals surface area contributed by atoms with Crippen molar-refractivity contribution >= 4 is 35.0 Å². The highest BCUT2D eigenvalue weighted by atomic mass is 32.2. The van der Waals surface area contributed by atoms with Gasteiger partial charge in [0.05, 0.1) is 11.4 Å². The van der Waals surface area contributed by atoms with E-state index < -0.39 is 0 Å². The molecule has 0 spiro atoms. The third-order valence-electron chi connectivity index (χ3n) is 4.77. The van der Waals surface area contributed by atoms with Crippen molar-refractivity contribution < 1.29 is 9.59 Å². The second-order valence-corrected chi connectivity index (χ2v) is 7.85. The number of rotatable bonds is 6. The number of carbonyl (C=O) groups excluding carboxylic acids is 2. The van der Waals surface area contributed by atoms with E-state index in [-0.39, 0.29) is 18.2 Å². The first kappa shape index (κ1) is 19.2. The number of nitrogens with zero attached hydrogens (tertiary/aromatic N) is 2. The molecule has 2 amide bonds. The molecule has 5 nitrogen and oxygen atoms in total. The highest BCUT2D eigenvalue weighted by molar-refractivity contribution is 8.00. The van der Waals surface area contributed by atoms with E-state index in [0.717, 1.165) is 22.7 Å². The van der Waals surface area contributed by atoms with Crippen LogP contribution in [-0.4, -0.2) is 29.1 Å². The molecule has 0 fully saturated rings. The van der Waals surface area contributed by atoms with Crippen molar-refractivity contribution in [3.63, 3.8) is 0 Å². The standard InChI is InChI=1S/C23H21N3O2S/c27-22(11-14-26-20-3-1-2-4-21(20)29-16-23(26)28)25-19-7-5-17(6-8-19)15-18-9-12-24-13-10-18/h1-10,12-13H,11,14-16H2,(H,25,27). The van der Waals surface area contributed by atoms with E-state index >= 15 is 0 Å². The molecule has 6 heteroatoms. The number of amides is 2. The van der Waals surface area contributed by atoms with Gasteiger partial charge in [-0.25, -0.2) is 0 Å². The van der Waals surface area contributed by atoms with Gasteiger partial charge in [-0.15, -0.1) is 11.8 Å². The van der Waals surface area contributed by atoms with Crippen molar-refractivity contribution in [1.82, 2.24) is 4.98 Å². The summed E-state index contributed by atoms with van der Waals surface area (Å²) in [5.74, 6) is 0.356. The largest absolute Gasteiger partial charge is 0.326 e. The van der Waals surface area contributed by atoms with Gasteiger partial charge in [0.2, 0.25) is 11.8 Å². The number of carbonyl (C=O) groups is 2. The lowest BCUT2D eigenvalue weighted by molar-refractivity contribution is -0.117. The Hall–Kier alpha value is -3.12. The van der Waals surface area contributed by atoms with E-state index in [1.807, 2.05) is 60.7 Å². The average molecular weight is 404 g/mol. The Bertz CT molecular complexity index is 1010. The normalized spacial score (nSPS) is 13.1. The van der Waals surface area contributed by atoms with Crippen LogP contribution in [-0.2, 0) is 16.0 Å². The molecule has 0 radical (unpaired) electrons. The van der Waals surface area contributed by atoms with Gasteiger partial charge in [-0.3, -0.25) is 14.6 Å². The molecule has 3 aromatic rings. The van der Waals surface area contributed by atoms with Crippen LogP contribution in [0.15, 0.2) is 78.0 Å². The number of para-hydroxylation sites is 1. The van der Waals surface area contributed by atoms with E-state index in [9.17, 15) is 9.59 Å². The minimum Gasteiger partial charge on any atom is -0.326 e. The Morgan fingerprint density at radius 2 is 1.72 bits per heavy atom. The molecule has 1 aromatic heterocycles. The second-order valence-electron chi connectivity index (χ2n) is 6.83. The Morgan fingerprint density at radius 3 is 2.52 bits per heavy atom. The third-order valence-corrected chi connectivity index (χ3v) is 5.81. The Labute approximate surface area is 174 Å². The van der Waals surface area contributed by atoms with Gasteiger partial charge in [0.1, 0.15) is 0 Å². The van der Waals surface area contributed by atoms with Crippen LogP contribution >= 0.6 is 11.8 Å². The van der Waals surface area contributed by atoms with Gasteiger partial charge < -0.3 is 10.2 Å². The zero-order valence-corrected chi connectivity index (χ0v) is 16.7. The first-order valence-electron chi connectivity index (χ1n) is 9.49. The summed E-state index contributed by atoms with van der Waals surface area (Å²) in [4.78, 5) is 31.5. The monoisotopic (exact) mass is 403 g/mol. The molecule has 2 heterocycles. The van der Waals surface area contributed by atoms with Crippen molar-refractivity contribution in [3.8, 4) is 0 Å². The summed E-state index contributed by atoms with van der Waals surface area (Å²) in [6, 6.07) is 19.6. The van der Waals surface area contributed by atoms with E-state index in [1.165, 1.54) is 11.1 Å². The SMILES string of the molecule is O=C(CCN1C(=O)CSc2ccccc21)Nc1ccc(Cc2ccncc2)cc1. The minimum absolute atomic E-state index is 0.0435. The van der Waals surface area contributed by atoms with Crippen LogP contribution < -0.4 is 10.2 Å². The van der Waals surface area contributed by atoms with Gasteiger partial charge in [-0.05, 0) is 53.9 Å². The van der Waals surface area contributed by atoms with Crippen molar-refractivity contribution in [2.75, 3.05) is 22.5 Å². The van der Waals surface area contributed by atoms with Crippen LogP contribution in [0.4, 0.5) is 11.4 Å². The van der Waals surface area contributed by atoms with Gasteiger partial charge in [-0.1, -0.05) is 24.3 Å². The molecule has 0 bridgehead atoms. The summed E-state index contributed by atoms with van der Waals surface area (Å²) in [6.45, 7) is 0.377. The average Bonchev–Trinajstić information content (AvgIpc) is 2.75. The number of hydrogen-bond donors (Lipinski definition) is 1. The number of hydrogen-bond acceptors (Lipinski definition) is 4. The number of aromatic nitrogens is 1. The number of fused-ring (bicyclic) bond motifs is 1. The minimum atomic E-state index is -0.101. The van der Waals surface area contributed by atoms with Crippen LogP contribution in [0.3, 0.4) is 0 Å². The molecule has 0 saturated carbocycles. The number of anilines is 2. The molecule has 1 N–H and O–H groups in total. The summed E-state index contributed by atoms with van der Waals surface area (Å²) >= 11 is 1.54. The fourth-order valence-electron chi connectivity index (χ4n) is 3.28. The van der Waals surface area contributed by atoms with Crippen molar-refractivity contribution in [3.05, 3.63) is 84.2 Å². The molecule has 0 aliphatic carbocycles. The highest BCUT2D eigenvalue weighted by Crippen LogP contribution is 2.34. The lowest BCUT2D eigenvalue weighted by Gasteiger charge is -2.28. The molecule has 2 aromatic carbocycles. The molecule has 146 valence electrons. The molecule has 4 rings (SSSR count). The predicted molar refractivity (Wildman–Crippen MR) is 116 cm³/mol. The number of benzene rings is 2. The van der Waals surface area contributed by atoms with Crippen molar-refractivity contribution in [2.24, 2.45) is 0 Å². The summed E-state index contributed by atoms with van der Waals surface area (Å²) < 4.78 is 0. The molecule has 1 aliphatic heterocycles. The Balaban J connectivity index is 1.33. The predicted octanol–water partition coefficient (Wildman–Crippen LogP) is 4.14. The molecular formula is C23H21N3O2S. The van der Waals surface area contributed by atoms with E-state index in [4.69, 9.17) is 0 Å². The smallest absolute Gasteiger partial charge is 0.237 e. The van der Waals surface area contributed by atoms with E-state index in [1.54, 1.807) is 29.1 Å². The van der Waals surface area contributed by atoms with Gasteiger partial charge in [0.25, 0.3) is 0 Å². The lowest BCUT2D eigenvalue weighted by atomic mass is 10.1. The van der Waals surface area contributed by atoms with Gasteiger partial charge in [-0.2, -0.15) is 0 Å². The van der Waals surface area contributed by atoms with E-state index in [0.29, 0.717) is 12.3 Å². The Kier molecular flexibility index (Phi) is 5.91. The van der Waals surface area contributed by atoms with Crippen LogP contribution in [0.1, 0.15) is 17.5 Å². The van der Waals surface area contributed by atoms with Crippen LogP contribution in [0.5, 0.6) is 0 Å². The number of nitrogens with one attached hydrogen (secondary N) is 1. The maximum atomic E-state index is 12.4. The van der Waals surface area contributed by atoms with Gasteiger partial charge >= 0.3 is 0 Å². The van der Waals surface area contributed by atoms with Crippen molar-refractivity contribution in [2.45, 2.75) is 17.7 Å². The maximum Gasteiger partial charge on any atom is 0.237 e. The number of thioether (sulfide) groups is 1. The highest BCUT2D eigenvalue weighted by Gasteiger charge is 2.24. The lowest BCUT2D eigenvalue weighted by Crippen LogP contribution is -2.37. The summed E-state index contributed by atoms with van der Waals surface area (Å²) in [6.07, 6.45) is 4.65. The number of pyridine rings is 1. The maximum absolute atomic E-state index is 12.4. The first-order chi connectivity index (χ1) is 14.2. The second kappa shape index (κ2) is 8.92. The van der Waals surface area contributed by atoms with E-state index in [2.05, 4.69) is 10.3 Å². The van der Waals surface area contributed by atoms with Gasteiger partial charge in [0.15, 0.2) is 0 Å². The Morgan fingerprint density at radius 1 is 1.00 bits per heavy atom.